The van der Waals surface area contributed by atoms with Crippen LogP contribution < -0.4 is 9.47 Å². The van der Waals surface area contributed by atoms with E-state index in [-0.39, 0.29) is 5.89 Å². The zero-order chi connectivity index (χ0) is 37.2. The molecule has 2 aromatic carbocycles. The zero-order valence-electron chi connectivity index (χ0n) is 29.5. The van der Waals surface area contributed by atoms with E-state index in [4.69, 9.17) is 30.7 Å². The highest BCUT2D eigenvalue weighted by Crippen LogP contribution is 2.25. The number of aromatic nitrogens is 4. The molecule has 0 spiro atoms. The lowest BCUT2D eigenvalue weighted by Crippen LogP contribution is -1.97. The molecule has 0 saturated heterocycles. The maximum absolute atomic E-state index is 11.3. The quantitative estimate of drug-likeness (QED) is 0.0274. The number of unbranched alkanes of at least 4 members (excludes halogenated alkanes) is 6. The van der Waals surface area contributed by atoms with Gasteiger partial charge < -0.3 is 18.3 Å². The topological polar surface area (TPSA) is 228 Å². The Kier molecular flexibility index (Phi) is 19.4. The molecule has 18 heteroatoms. The van der Waals surface area contributed by atoms with Crippen molar-refractivity contribution in [2.45, 2.75) is 75.6 Å². The van der Waals surface area contributed by atoms with Crippen LogP contribution in [-0.2, 0) is 9.84 Å². The number of azide groups is 2. The van der Waals surface area contributed by atoms with Crippen LogP contribution in [-0.4, -0.2) is 67.6 Å². The van der Waals surface area contributed by atoms with Gasteiger partial charge in [0.05, 0.1) is 13.2 Å². The predicted molar refractivity (Wildman–Crippen MR) is 192 cm³/mol. The minimum absolute atomic E-state index is 0.145. The number of sulfone groups is 1. The van der Waals surface area contributed by atoms with Crippen molar-refractivity contribution in [2.24, 2.45) is 10.2 Å². The lowest BCUT2D eigenvalue weighted by atomic mass is 10.2. The van der Waals surface area contributed by atoms with Gasteiger partial charge in [0, 0.05) is 41.7 Å². The average Bonchev–Trinajstić information content (AvgIpc) is 3.83. The summed E-state index contributed by atoms with van der Waals surface area (Å²) >= 11 is 1.42. The van der Waals surface area contributed by atoms with E-state index < -0.39 is 15.1 Å². The van der Waals surface area contributed by atoms with Crippen molar-refractivity contribution in [3.8, 4) is 34.4 Å². The Labute approximate surface area is 298 Å². The number of benzene rings is 2. The van der Waals surface area contributed by atoms with Crippen LogP contribution in [0.3, 0.4) is 0 Å². The van der Waals surface area contributed by atoms with Gasteiger partial charge in [0.15, 0.2) is 0 Å². The Balaban J connectivity index is 0.000000329. The van der Waals surface area contributed by atoms with Crippen LogP contribution in [0, 0.1) is 0 Å². The Morgan fingerprint density at radius 2 is 1.18 bits per heavy atom. The molecule has 0 fully saturated rings. The van der Waals surface area contributed by atoms with Crippen molar-refractivity contribution in [1.82, 2.24) is 20.4 Å². The number of hydrogen-bond donors (Lipinski definition) is 0. The summed E-state index contributed by atoms with van der Waals surface area (Å²) in [6, 6.07) is 14.6. The first-order valence-corrected chi connectivity index (χ1v) is 19.1. The Hall–Kier alpha value is -4.76. The van der Waals surface area contributed by atoms with Gasteiger partial charge in [0.25, 0.3) is 5.22 Å². The summed E-state index contributed by atoms with van der Waals surface area (Å²) in [5, 5.41) is 22.3. The van der Waals surface area contributed by atoms with Crippen molar-refractivity contribution in [3.05, 3.63) is 69.4 Å². The van der Waals surface area contributed by atoms with Crippen molar-refractivity contribution in [3.63, 3.8) is 0 Å². The van der Waals surface area contributed by atoms with Crippen LogP contribution in [0.1, 0.15) is 66.6 Å². The molecule has 4 aromatic rings. The zero-order valence-corrected chi connectivity index (χ0v) is 30.2. The first kappa shape index (κ1) is 39.7. The molecule has 0 unspecified atom stereocenters. The number of rotatable bonds is 20. The molecule has 0 aliphatic rings. The van der Waals surface area contributed by atoms with E-state index in [1.54, 1.807) is 31.2 Å². The van der Waals surface area contributed by atoms with E-state index in [0.29, 0.717) is 55.6 Å². The fourth-order valence-electron chi connectivity index (χ4n) is 4.02. The Morgan fingerprint density at radius 3 is 1.58 bits per heavy atom. The molecular weight excluding hydrogens is 685 g/mol. The minimum atomic E-state index is -3.51. The molecule has 4 rings (SSSR count). The molecule has 0 atom stereocenters. The molecule has 0 bridgehead atoms. The van der Waals surface area contributed by atoms with Crippen LogP contribution in [0.25, 0.3) is 43.8 Å². The van der Waals surface area contributed by atoms with E-state index in [9.17, 15) is 8.42 Å². The Bertz CT molecular complexity index is 1740. The molecule has 2 aromatic heterocycles. The van der Waals surface area contributed by atoms with Gasteiger partial charge in [-0.1, -0.05) is 66.6 Å². The van der Waals surface area contributed by atoms with Crippen LogP contribution in [0.4, 0.5) is 0 Å². The number of thioether (sulfide) groups is 1. The van der Waals surface area contributed by atoms with E-state index in [0.717, 1.165) is 68.9 Å². The lowest BCUT2D eigenvalue weighted by molar-refractivity contribution is 0.304. The van der Waals surface area contributed by atoms with Crippen LogP contribution in [0.5, 0.6) is 11.5 Å². The van der Waals surface area contributed by atoms with Crippen molar-refractivity contribution >= 4 is 21.6 Å². The average molecular weight is 730 g/mol. The third-order valence-corrected chi connectivity index (χ3v) is 7.79. The van der Waals surface area contributed by atoms with Gasteiger partial charge in [-0.3, -0.25) is 0 Å². The fourth-order valence-corrected chi connectivity index (χ4v) is 4.72. The summed E-state index contributed by atoms with van der Waals surface area (Å²) in [7, 11) is -3.51. The Morgan fingerprint density at radius 1 is 0.740 bits per heavy atom. The molecule has 0 aliphatic heterocycles. The van der Waals surface area contributed by atoms with Gasteiger partial charge in [0.1, 0.15) is 11.5 Å². The summed E-state index contributed by atoms with van der Waals surface area (Å²) < 4.78 is 50.9. The molecule has 0 saturated carbocycles. The number of nitrogens with zero attached hydrogens (tertiary/aromatic N) is 10. The normalized spacial score (nSPS) is 10.7. The smallest absolute Gasteiger partial charge is 0.335 e. The van der Waals surface area contributed by atoms with Crippen LogP contribution in [0.15, 0.2) is 78.0 Å². The van der Waals surface area contributed by atoms with Crippen molar-refractivity contribution in [2.75, 3.05) is 38.8 Å². The molecule has 270 valence electrons. The van der Waals surface area contributed by atoms with Gasteiger partial charge >= 0.3 is 5.22 Å². The molecule has 50 heavy (non-hydrogen) atoms. The summed E-state index contributed by atoms with van der Waals surface area (Å²) in [6.07, 6.45) is 10.8. The number of ether oxygens (including phenoxy) is 2. The van der Waals surface area contributed by atoms with Gasteiger partial charge in [-0.15, -0.1) is 15.3 Å². The van der Waals surface area contributed by atoms with E-state index in [2.05, 4.69) is 40.4 Å². The van der Waals surface area contributed by atoms with E-state index >= 15 is 0 Å². The van der Waals surface area contributed by atoms with Gasteiger partial charge in [0.2, 0.25) is 21.6 Å². The third-order valence-electron chi connectivity index (χ3n) is 6.48. The maximum Gasteiger partial charge on any atom is 0.335 e. The molecule has 2 heterocycles. The van der Waals surface area contributed by atoms with E-state index in [1.165, 1.54) is 11.8 Å². The molecule has 0 radical (unpaired) electrons. The first-order chi connectivity index (χ1) is 24.7. The molecule has 0 aliphatic carbocycles. The monoisotopic (exact) mass is 729 g/mol. The van der Waals surface area contributed by atoms with Gasteiger partial charge in [-0.2, -0.15) is 0 Å². The molecule has 0 N–H and O–H groups in total. The van der Waals surface area contributed by atoms with Crippen molar-refractivity contribution < 1.29 is 28.1 Å². The standard InChI is InChI=1S/C15H19N5O4S.C15H19N5O2S.C2H6/c1-25(21,22)15-19-18-14(24-15)12-6-8-13(9-7-12)23-11-5-3-2-4-10-17-20-16;1-23-15-19-18-14(22-15)12-6-8-13(9-7-12)21-11-5-3-2-4-10-17-20-16;1-2/h6-9H,2-5,10-11H2,1H3;6-9H,2-5,10-11H2,1H3;1-2H3/i;;1D. The largest absolute Gasteiger partial charge is 0.494 e. The van der Waals surface area contributed by atoms with Gasteiger partial charge in [-0.25, -0.2) is 8.42 Å². The summed E-state index contributed by atoms with van der Waals surface area (Å²) in [6.45, 7) is 4.68. The highest BCUT2D eigenvalue weighted by atomic mass is 32.2. The maximum atomic E-state index is 11.3. The second-order valence-corrected chi connectivity index (χ2v) is 12.9. The lowest BCUT2D eigenvalue weighted by Gasteiger charge is -2.06. The fraction of sp³-hybridized carbons (Fsp3) is 0.500. The highest BCUT2D eigenvalue weighted by Gasteiger charge is 2.17. The van der Waals surface area contributed by atoms with E-state index in [1.807, 2.05) is 30.5 Å². The predicted octanol–water partition coefficient (Wildman–Crippen LogP) is 9.12. The number of hydrogen-bond acceptors (Lipinski definition) is 13. The first-order valence-electron chi connectivity index (χ1n) is 16.6. The molecular formula is C32H44N10O6S2. The highest BCUT2D eigenvalue weighted by molar-refractivity contribution is 7.98. The molecule has 0 amide bonds. The van der Waals surface area contributed by atoms with Crippen molar-refractivity contribution in [1.29, 1.82) is 0 Å². The molecule has 16 nitrogen and oxygen atoms in total. The second-order valence-electron chi connectivity index (χ2n) is 10.2. The van der Waals surface area contributed by atoms with Crippen LogP contribution >= 0.6 is 11.8 Å². The minimum Gasteiger partial charge on any atom is -0.494 e. The summed E-state index contributed by atoms with van der Waals surface area (Å²) in [4.78, 5) is 5.44. The van der Waals surface area contributed by atoms with Crippen LogP contribution in [0.2, 0.25) is 0 Å². The second kappa shape index (κ2) is 24.4. The van der Waals surface area contributed by atoms with Gasteiger partial charge in [-0.05, 0) is 91.5 Å². The third kappa shape index (κ3) is 16.1. The summed E-state index contributed by atoms with van der Waals surface area (Å²) in [5.41, 5.74) is 17.8. The SMILES string of the molecule is CS(=O)(=O)c1nnc(-c2ccc(OCCCCCCN=[N+]=[N-])cc2)o1.CSc1nnc(-c2ccc(OCCCCCCN=[N+]=[N-])cc2)o1.[2H]CC. The summed E-state index contributed by atoms with van der Waals surface area (Å²) in [5.74, 6) is 2.20.